The molecular weight excluding hydrogens is 597 g/mol. The van der Waals surface area contributed by atoms with Gasteiger partial charge in [0, 0.05) is 51.7 Å². The maximum atomic E-state index is 13.7. The van der Waals surface area contributed by atoms with Crippen LogP contribution in [0.15, 0.2) is 47.1 Å². The van der Waals surface area contributed by atoms with E-state index in [1.807, 2.05) is 25.1 Å². The fourth-order valence-electron chi connectivity index (χ4n) is 5.05. The van der Waals surface area contributed by atoms with Gasteiger partial charge in [-0.1, -0.05) is 44.3 Å². The summed E-state index contributed by atoms with van der Waals surface area (Å²) >= 11 is 15.7. The van der Waals surface area contributed by atoms with Crippen LogP contribution in [0, 0.1) is 12.8 Å². The van der Waals surface area contributed by atoms with Crippen LogP contribution >= 0.6 is 39.1 Å². The highest BCUT2D eigenvalue weighted by atomic mass is 79.9. The lowest BCUT2D eigenvalue weighted by molar-refractivity contribution is -0.152. The van der Waals surface area contributed by atoms with E-state index in [1.165, 1.54) is 12.0 Å². The van der Waals surface area contributed by atoms with Crippen molar-refractivity contribution in [1.82, 2.24) is 19.9 Å². The minimum absolute atomic E-state index is 0.0754. The molecule has 1 aromatic heterocycles. The lowest BCUT2D eigenvalue weighted by atomic mass is 10.1. The molecule has 198 valence electrons. The van der Waals surface area contributed by atoms with Crippen molar-refractivity contribution in [3.8, 4) is 11.3 Å². The molecule has 2 fully saturated rings. The van der Waals surface area contributed by atoms with E-state index in [9.17, 15) is 14.4 Å². The summed E-state index contributed by atoms with van der Waals surface area (Å²) in [7, 11) is 1.30. The van der Waals surface area contributed by atoms with E-state index in [-0.39, 0.29) is 37.4 Å². The largest absolute Gasteiger partial charge is 0.467 e. The van der Waals surface area contributed by atoms with Gasteiger partial charge >= 0.3 is 5.97 Å². The van der Waals surface area contributed by atoms with Crippen LogP contribution in [-0.4, -0.2) is 63.9 Å². The normalized spacial score (nSPS) is 21.3. The first-order chi connectivity index (χ1) is 18.1. The zero-order chi connectivity index (χ0) is 27.1. The number of aryl methyl sites for hydroxylation is 1. The van der Waals surface area contributed by atoms with E-state index in [0.29, 0.717) is 27.7 Å². The summed E-state index contributed by atoms with van der Waals surface area (Å²) in [6.45, 7) is 2.43. The Bertz CT molecular complexity index is 1410. The average molecular weight is 621 g/mol. The zero-order valence-electron chi connectivity index (χ0n) is 20.6. The Labute approximate surface area is 237 Å². The fourth-order valence-corrected chi connectivity index (χ4v) is 5.82. The van der Waals surface area contributed by atoms with Gasteiger partial charge in [-0.25, -0.2) is 9.48 Å². The Hall–Kier alpha value is -2.95. The molecule has 0 aliphatic carbocycles. The number of rotatable bonds is 5. The van der Waals surface area contributed by atoms with Gasteiger partial charge in [-0.05, 0) is 48.9 Å². The van der Waals surface area contributed by atoms with E-state index >= 15 is 0 Å². The monoisotopic (exact) mass is 619 g/mol. The number of carbonyl (C=O) groups is 3. The number of amides is 2. The van der Waals surface area contributed by atoms with Gasteiger partial charge in [0.1, 0.15) is 11.7 Å². The molecule has 3 aromatic rings. The number of hydrogen-bond acceptors (Lipinski definition) is 6. The number of benzene rings is 2. The standard InChI is InChI=1S/C26H24BrCl2N5O4/c1-14-5-19(3-4-21(14)27)32-11-16(8-24(32)35)25(36)33-12-20(10-23(33)26(37)38-2)34-13-22(30-31-34)15-6-17(28)9-18(29)7-15/h3-7,9,13,16,20,23H,8,10-12H2,1-2H3/t16?,20-,23-/m0/s1. The Balaban J connectivity index is 1.35. The zero-order valence-corrected chi connectivity index (χ0v) is 23.7. The minimum Gasteiger partial charge on any atom is -0.467 e. The molecule has 2 amide bonds. The quantitative estimate of drug-likeness (QED) is 0.384. The first-order valence-corrected chi connectivity index (χ1v) is 13.5. The second-order valence-corrected chi connectivity index (χ2v) is 11.2. The second-order valence-electron chi connectivity index (χ2n) is 9.50. The molecule has 12 heteroatoms. The number of anilines is 1. The molecule has 2 saturated heterocycles. The van der Waals surface area contributed by atoms with E-state index in [2.05, 4.69) is 26.2 Å². The summed E-state index contributed by atoms with van der Waals surface area (Å²) in [5.41, 5.74) is 3.00. The summed E-state index contributed by atoms with van der Waals surface area (Å²) < 4.78 is 7.60. The van der Waals surface area contributed by atoms with Gasteiger partial charge in [-0.15, -0.1) is 5.10 Å². The van der Waals surface area contributed by atoms with E-state index in [4.69, 9.17) is 27.9 Å². The van der Waals surface area contributed by atoms with Crippen LogP contribution in [0.2, 0.25) is 10.0 Å². The molecule has 0 bridgehead atoms. The van der Waals surface area contributed by atoms with Crippen molar-refractivity contribution in [2.24, 2.45) is 5.92 Å². The van der Waals surface area contributed by atoms with Crippen molar-refractivity contribution in [2.75, 3.05) is 25.1 Å². The van der Waals surface area contributed by atoms with Gasteiger partial charge in [0.2, 0.25) is 11.8 Å². The predicted octanol–water partition coefficient (Wildman–Crippen LogP) is 4.69. The fraction of sp³-hybridized carbons (Fsp3) is 0.346. The first kappa shape index (κ1) is 26.6. The van der Waals surface area contributed by atoms with Crippen molar-refractivity contribution in [3.05, 3.63) is 62.7 Å². The van der Waals surface area contributed by atoms with Gasteiger partial charge in [0.05, 0.1) is 25.3 Å². The number of likely N-dealkylation sites (tertiary alicyclic amines) is 1. The molecule has 38 heavy (non-hydrogen) atoms. The summed E-state index contributed by atoms with van der Waals surface area (Å²) in [4.78, 5) is 42.3. The number of aromatic nitrogens is 3. The van der Waals surface area contributed by atoms with E-state index in [1.54, 1.807) is 34.0 Å². The van der Waals surface area contributed by atoms with Gasteiger partial charge in [0.15, 0.2) is 0 Å². The Kier molecular flexibility index (Phi) is 7.48. The minimum atomic E-state index is -0.787. The highest BCUT2D eigenvalue weighted by Crippen LogP contribution is 2.34. The van der Waals surface area contributed by atoms with Gasteiger partial charge < -0.3 is 14.5 Å². The molecular formula is C26H24BrCl2N5O4. The number of hydrogen-bond donors (Lipinski definition) is 0. The van der Waals surface area contributed by atoms with Crippen molar-refractivity contribution in [1.29, 1.82) is 0 Å². The molecule has 2 aliphatic heterocycles. The molecule has 0 saturated carbocycles. The Morgan fingerprint density at radius 2 is 1.84 bits per heavy atom. The van der Waals surface area contributed by atoms with Crippen molar-refractivity contribution >= 4 is 62.6 Å². The highest BCUT2D eigenvalue weighted by Gasteiger charge is 2.46. The third kappa shape index (κ3) is 5.17. The summed E-state index contributed by atoms with van der Waals surface area (Å²) in [5, 5.41) is 9.44. The number of halogens is 3. The second kappa shape index (κ2) is 10.7. The van der Waals surface area contributed by atoms with E-state index < -0.39 is 17.9 Å². The van der Waals surface area contributed by atoms with Crippen molar-refractivity contribution in [3.63, 3.8) is 0 Å². The maximum absolute atomic E-state index is 13.7. The number of esters is 1. The number of methoxy groups -OCH3 is 1. The number of ether oxygens (including phenoxy) is 1. The van der Waals surface area contributed by atoms with Crippen LogP contribution in [0.4, 0.5) is 5.69 Å². The maximum Gasteiger partial charge on any atom is 0.328 e. The van der Waals surface area contributed by atoms with Crippen LogP contribution in [0.5, 0.6) is 0 Å². The Morgan fingerprint density at radius 3 is 2.53 bits per heavy atom. The van der Waals surface area contributed by atoms with Crippen LogP contribution in [0.25, 0.3) is 11.3 Å². The predicted molar refractivity (Wildman–Crippen MR) is 146 cm³/mol. The topological polar surface area (TPSA) is 97.6 Å². The average Bonchev–Trinajstić information content (AvgIpc) is 3.62. The number of carbonyl (C=O) groups excluding carboxylic acids is 3. The third-order valence-electron chi connectivity index (χ3n) is 7.01. The molecule has 2 aromatic carbocycles. The van der Waals surface area contributed by atoms with Crippen molar-refractivity contribution < 1.29 is 19.1 Å². The van der Waals surface area contributed by atoms with Crippen LogP contribution < -0.4 is 4.90 Å². The van der Waals surface area contributed by atoms with Crippen LogP contribution in [0.3, 0.4) is 0 Å². The molecule has 1 unspecified atom stereocenters. The Morgan fingerprint density at radius 1 is 1.11 bits per heavy atom. The molecule has 5 rings (SSSR count). The lowest BCUT2D eigenvalue weighted by Gasteiger charge is -2.25. The summed E-state index contributed by atoms with van der Waals surface area (Å²) in [6.07, 6.45) is 2.13. The van der Waals surface area contributed by atoms with Crippen LogP contribution in [0.1, 0.15) is 24.4 Å². The third-order valence-corrected chi connectivity index (χ3v) is 8.33. The number of nitrogens with zero attached hydrogens (tertiary/aromatic N) is 5. The molecule has 3 atom stereocenters. The van der Waals surface area contributed by atoms with Gasteiger partial charge in [-0.2, -0.15) is 0 Å². The summed E-state index contributed by atoms with van der Waals surface area (Å²) in [6, 6.07) is 9.65. The lowest BCUT2D eigenvalue weighted by Crippen LogP contribution is -2.44. The van der Waals surface area contributed by atoms with Gasteiger partial charge in [0.25, 0.3) is 0 Å². The molecule has 3 heterocycles. The molecule has 9 nitrogen and oxygen atoms in total. The van der Waals surface area contributed by atoms with E-state index in [0.717, 1.165) is 15.7 Å². The van der Waals surface area contributed by atoms with Crippen LogP contribution in [-0.2, 0) is 19.1 Å². The smallest absolute Gasteiger partial charge is 0.328 e. The summed E-state index contributed by atoms with van der Waals surface area (Å²) in [5.74, 6) is -1.46. The van der Waals surface area contributed by atoms with Gasteiger partial charge in [-0.3, -0.25) is 9.59 Å². The SMILES string of the molecule is COC(=O)[C@@H]1C[C@H](n2cc(-c3cc(Cl)cc(Cl)c3)nn2)CN1C(=O)C1CC(=O)N(c2ccc(Br)c(C)c2)C1. The molecule has 0 radical (unpaired) electrons. The highest BCUT2D eigenvalue weighted by molar-refractivity contribution is 9.10. The molecule has 0 spiro atoms. The molecule has 0 N–H and O–H groups in total. The van der Waals surface area contributed by atoms with Crippen molar-refractivity contribution in [2.45, 2.75) is 31.8 Å². The molecule has 2 aliphatic rings. The first-order valence-electron chi connectivity index (χ1n) is 12.0.